The van der Waals surface area contributed by atoms with E-state index in [0.29, 0.717) is 11.3 Å². The van der Waals surface area contributed by atoms with Gasteiger partial charge < -0.3 is 20.3 Å². The number of aliphatic carboxylic acids is 1. The largest absolute Gasteiger partial charge is 0.497 e. The minimum absolute atomic E-state index is 0.0229. The minimum atomic E-state index is -1.13. The number of hydrogen-bond acceptors (Lipinski definition) is 5. The molecule has 6 heteroatoms. The lowest BCUT2D eigenvalue weighted by Crippen LogP contribution is -2.32. The van der Waals surface area contributed by atoms with Gasteiger partial charge in [0.2, 0.25) is 0 Å². The molecule has 3 N–H and O–H groups in total. The Morgan fingerprint density at radius 3 is 2.50 bits per heavy atom. The van der Waals surface area contributed by atoms with E-state index in [1.807, 2.05) is 30.3 Å². The topological polar surface area (TPSA) is 98.9 Å². The Morgan fingerprint density at radius 2 is 1.88 bits per heavy atom. The van der Waals surface area contributed by atoms with Gasteiger partial charge in [-0.2, -0.15) is 0 Å². The molecule has 0 aliphatic rings. The van der Waals surface area contributed by atoms with Crippen LogP contribution in [0.4, 0.5) is 0 Å². The van der Waals surface area contributed by atoms with Crippen LogP contribution in [-0.4, -0.2) is 30.2 Å². The van der Waals surface area contributed by atoms with Crippen LogP contribution in [0.1, 0.15) is 21.5 Å². The van der Waals surface area contributed by atoms with Gasteiger partial charge in [0.15, 0.2) is 0 Å². The average Bonchev–Trinajstić information content (AvgIpc) is 2.60. The fourth-order valence-corrected chi connectivity index (χ4v) is 2.18. The summed E-state index contributed by atoms with van der Waals surface area (Å²) in [7, 11) is 1.48. The Morgan fingerprint density at radius 1 is 1.17 bits per heavy atom. The number of nitrogens with two attached hydrogens (primary N) is 1. The van der Waals surface area contributed by atoms with E-state index < -0.39 is 18.0 Å². The first kappa shape index (κ1) is 17.5. The average molecular weight is 329 g/mol. The van der Waals surface area contributed by atoms with Crippen LogP contribution in [0, 0.1) is 0 Å². The van der Waals surface area contributed by atoms with Gasteiger partial charge in [0.25, 0.3) is 0 Å². The van der Waals surface area contributed by atoms with Gasteiger partial charge in [-0.05, 0) is 29.7 Å². The first-order chi connectivity index (χ1) is 11.5. The SMILES string of the molecule is COc1ccc(C[C@@H](N)C(=O)O)c(C(=O)OCc2ccccc2)c1. The number of carboxylic acids is 1. The summed E-state index contributed by atoms with van der Waals surface area (Å²) < 4.78 is 10.4. The number of esters is 1. The van der Waals surface area contributed by atoms with Crippen LogP contribution in [0.3, 0.4) is 0 Å². The van der Waals surface area contributed by atoms with E-state index in [1.165, 1.54) is 13.2 Å². The quantitative estimate of drug-likeness (QED) is 0.754. The van der Waals surface area contributed by atoms with Crippen LogP contribution >= 0.6 is 0 Å². The third-order valence-corrected chi connectivity index (χ3v) is 3.51. The zero-order valence-electron chi connectivity index (χ0n) is 13.3. The predicted molar refractivity (Wildman–Crippen MR) is 87.9 cm³/mol. The molecule has 0 saturated carbocycles. The number of rotatable bonds is 7. The molecule has 2 aromatic rings. The van der Waals surface area contributed by atoms with E-state index in [4.69, 9.17) is 20.3 Å². The lowest BCUT2D eigenvalue weighted by atomic mass is 10.00. The van der Waals surface area contributed by atoms with Crippen molar-refractivity contribution in [2.24, 2.45) is 5.73 Å². The molecule has 0 fully saturated rings. The Kier molecular flexibility index (Phi) is 5.92. The van der Waals surface area contributed by atoms with Gasteiger partial charge in [-0.1, -0.05) is 36.4 Å². The van der Waals surface area contributed by atoms with Crippen LogP contribution < -0.4 is 10.5 Å². The van der Waals surface area contributed by atoms with E-state index in [1.54, 1.807) is 12.1 Å². The molecule has 0 unspecified atom stereocenters. The lowest BCUT2D eigenvalue weighted by Gasteiger charge is -2.13. The molecule has 126 valence electrons. The van der Waals surface area contributed by atoms with Crippen molar-refractivity contribution >= 4 is 11.9 Å². The van der Waals surface area contributed by atoms with Crippen molar-refractivity contribution in [1.82, 2.24) is 0 Å². The minimum Gasteiger partial charge on any atom is -0.497 e. The highest BCUT2D eigenvalue weighted by molar-refractivity contribution is 5.92. The van der Waals surface area contributed by atoms with Gasteiger partial charge in [0.05, 0.1) is 12.7 Å². The molecule has 0 radical (unpaired) electrons. The maximum absolute atomic E-state index is 12.4. The van der Waals surface area contributed by atoms with Crippen molar-refractivity contribution in [1.29, 1.82) is 0 Å². The number of methoxy groups -OCH3 is 1. The van der Waals surface area contributed by atoms with Crippen LogP contribution in [0.25, 0.3) is 0 Å². The van der Waals surface area contributed by atoms with E-state index in [2.05, 4.69) is 0 Å². The monoisotopic (exact) mass is 329 g/mol. The zero-order valence-corrected chi connectivity index (χ0v) is 13.3. The van der Waals surface area contributed by atoms with Crippen LogP contribution in [-0.2, 0) is 22.6 Å². The van der Waals surface area contributed by atoms with E-state index in [0.717, 1.165) is 5.56 Å². The fraction of sp³-hybridized carbons (Fsp3) is 0.222. The maximum atomic E-state index is 12.4. The molecule has 2 rings (SSSR count). The molecule has 0 aliphatic heterocycles. The molecule has 0 saturated heterocycles. The molecule has 0 aliphatic carbocycles. The van der Waals surface area contributed by atoms with Crippen molar-refractivity contribution < 1.29 is 24.2 Å². The molecule has 24 heavy (non-hydrogen) atoms. The molecule has 1 atom stereocenters. The zero-order chi connectivity index (χ0) is 17.5. The number of carboxylic acid groups (broad SMARTS) is 1. The molecule has 2 aromatic carbocycles. The number of carbonyl (C=O) groups excluding carboxylic acids is 1. The number of benzene rings is 2. The van der Waals surface area contributed by atoms with Crippen molar-refractivity contribution in [3.05, 3.63) is 65.2 Å². The third kappa shape index (κ3) is 4.57. The normalized spacial score (nSPS) is 11.6. The predicted octanol–water partition coefficient (Wildman–Crippen LogP) is 2.01. The first-order valence-electron chi connectivity index (χ1n) is 7.37. The van der Waals surface area contributed by atoms with Gasteiger partial charge in [0, 0.05) is 0 Å². The Hall–Kier alpha value is -2.86. The van der Waals surface area contributed by atoms with E-state index in [-0.39, 0.29) is 18.6 Å². The molecule has 6 nitrogen and oxygen atoms in total. The van der Waals surface area contributed by atoms with Gasteiger partial charge in [-0.3, -0.25) is 4.79 Å². The molecular formula is C18H19NO5. The van der Waals surface area contributed by atoms with Crippen LogP contribution in [0.15, 0.2) is 48.5 Å². The van der Waals surface area contributed by atoms with Gasteiger partial charge in [-0.15, -0.1) is 0 Å². The summed E-state index contributed by atoms with van der Waals surface area (Å²) in [6.07, 6.45) is 0.0229. The van der Waals surface area contributed by atoms with Gasteiger partial charge >= 0.3 is 11.9 Å². The van der Waals surface area contributed by atoms with Crippen LogP contribution in [0.2, 0.25) is 0 Å². The second-order valence-electron chi connectivity index (χ2n) is 5.23. The Balaban J connectivity index is 2.18. The van der Waals surface area contributed by atoms with E-state index in [9.17, 15) is 9.59 Å². The summed E-state index contributed by atoms with van der Waals surface area (Å²) in [6, 6.07) is 13.0. The van der Waals surface area contributed by atoms with Crippen molar-refractivity contribution in [2.45, 2.75) is 19.1 Å². The third-order valence-electron chi connectivity index (χ3n) is 3.51. The fourth-order valence-electron chi connectivity index (χ4n) is 2.18. The van der Waals surface area contributed by atoms with Crippen molar-refractivity contribution in [2.75, 3.05) is 7.11 Å². The number of ether oxygens (including phenoxy) is 2. The summed E-state index contributed by atoms with van der Waals surface area (Å²) in [6.45, 7) is 0.126. The lowest BCUT2D eigenvalue weighted by molar-refractivity contribution is -0.138. The second kappa shape index (κ2) is 8.12. The van der Waals surface area contributed by atoms with Crippen molar-refractivity contribution in [3.63, 3.8) is 0 Å². The summed E-state index contributed by atoms with van der Waals surface area (Å²) in [4.78, 5) is 23.3. The molecule has 0 amide bonds. The second-order valence-corrected chi connectivity index (χ2v) is 5.23. The first-order valence-corrected chi connectivity index (χ1v) is 7.37. The van der Waals surface area contributed by atoms with Crippen LogP contribution in [0.5, 0.6) is 5.75 Å². The standard InChI is InChI=1S/C18H19NO5/c1-23-14-8-7-13(9-16(19)17(20)21)15(10-14)18(22)24-11-12-5-3-2-4-6-12/h2-8,10,16H,9,11,19H2,1H3,(H,20,21)/t16-/m1/s1. The Bertz CT molecular complexity index is 715. The van der Waals surface area contributed by atoms with Gasteiger partial charge in [-0.25, -0.2) is 4.79 Å². The highest BCUT2D eigenvalue weighted by Crippen LogP contribution is 2.20. The molecule has 0 bridgehead atoms. The summed E-state index contributed by atoms with van der Waals surface area (Å²) in [5.74, 6) is -1.20. The highest BCUT2D eigenvalue weighted by Gasteiger charge is 2.19. The Labute approximate surface area is 139 Å². The smallest absolute Gasteiger partial charge is 0.338 e. The number of hydrogen-bond donors (Lipinski definition) is 2. The highest BCUT2D eigenvalue weighted by atomic mass is 16.5. The number of carbonyl (C=O) groups is 2. The molecule has 0 spiro atoms. The summed E-state index contributed by atoms with van der Waals surface area (Å²) >= 11 is 0. The van der Waals surface area contributed by atoms with E-state index >= 15 is 0 Å². The summed E-state index contributed by atoms with van der Waals surface area (Å²) in [5.41, 5.74) is 7.18. The molecular weight excluding hydrogens is 310 g/mol. The summed E-state index contributed by atoms with van der Waals surface area (Å²) in [5, 5.41) is 8.96. The molecule has 0 aromatic heterocycles. The molecule has 0 heterocycles. The van der Waals surface area contributed by atoms with Crippen molar-refractivity contribution in [3.8, 4) is 5.75 Å². The maximum Gasteiger partial charge on any atom is 0.338 e. The van der Waals surface area contributed by atoms with Gasteiger partial charge in [0.1, 0.15) is 18.4 Å².